The number of nitrogens with zero attached hydrogens (tertiary/aromatic N) is 1. The summed E-state index contributed by atoms with van der Waals surface area (Å²) < 4.78 is 5.49. The zero-order valence-corrected chi connectivity index (χ0v) is 13.9. The monoisotopic (exact) mass is 335 g/mol. The molecule has 3 N–H and O–H groups in total. The molecule has 1 aromatic carbocycles. The predicted molar refractivity (Wildman–Crippen MR) is 92.4 cm³/mol. The van der Waals surface area contributed by atoms with E-state index in [-0.39, 0.29) is 24.2 Å². The van der Waals surface area contributed by atoms with E-state index in [0.717, 1.165) is 36.3 Å². The molecular formula is C17H22ClN3O2. The fourth-order valence-corrected chi connectivity index (χ4v) is 3.11. The Kier molecular flexibility index (Phi) is 5.80. The zero-order chi connectivity index (χ0) is 15.5. The van der Waals surface area contributed by atoms with Gasteiger partial charge in [0, 0.05) is 24.1 Å². The van der Waals surface area contributed by atoms with Crippen molar-refractivity contribution in [1.82, 2.24) is 4.98 Å². The smallest absolute Gasteiger partial charge is 0.227 e. The number of aryl methyl sites for hydroxylation is 1. The van der Waals surface area contributed by atoms with Crippen LogP contribution in [0.1, 0.15) is 25.2 Å². The van der Waals surface area contributed by atoms with Crippen LogP contribution in [0.15, 0.2) is 34.9 Å². The average molecular weight is 336 g/mol. The van der Waals surface area contributed by atoms with Gasteiger partial charge < -0.3 is 15.5 Å². The molecule has 1 fully saturated rings. The molecule has 2 aromatic rings. The summed E-state index contributed by atoms with van der Waals surface area (Å²) in [6.07, 6.45) is 4.78. The lowest BCUT2D eigenvalue weighted by atomic mass is 9.95. The van der Waals surface area contributed by atoms with Gasteiger partial charge >= 0.3 is 0 Å². The topological polar surface area (TPSA) is 81.2 Å². The summed E-state index contributed by atoms with van der Waals surface area (Å²) in [5.41, 5.74) is 7.49. The van der Waals surface area contributed by atoms with Crippen molar-refractivity contribution in [2.24, 2.45) is 17.6 Å². The van der Waals surface area contributed by atoms with Gasteiger partial charge in [0.25, 0.3) is 0 Å². The maximum atomic E-state index is 12.3. The first-order valence-electron chi connectivity index (χ1n) is 7.71. The van der Waals surface area contributed by atoms with Crippen molar-refractivity contribution in [2.45, 2.75) is 26.2 Å². The molecule has 23 heavy (non-hydrogen) atoms. The fourth-order valence-electron chi connectivity index (χ4n) is 3.11. The highest BCUT2D eigenvalue weighted by atomic mass is 35.5. The maximum Gasteiger partial charge on any atom is 0.227 e. The molecule has 0 bridgehead atoms. The molecule has 1 heterocycles. The number of aromatic nitrogens is 1. The van der Waals surface area contributed by atoms with E-state index >= 15 is 0 Å². The summed E-state index contributed by atoms with van der Waals surface area (Å²) in [7, 11) is 0. The Morgan fingerprint density at radius 1 is 1.35 bits per heavy atom. The van der Waals surface area contributed by atoms with Crippen LogP contribution in [-0.4, -0.2) is 17.4 Å². The predicted octanol–water partition coefficient (Wildman–Crippen LogP) is 3.39. The van der Waals surface area contributed by atoms with Crippen molar-refractivity contribution < 1.29 is 9.21 Å². The molecule has 1 amide bonds. The molecule has 5 nitrogen and oxygen atoms in total. The van der Waals surface area contributed by atoms with Gasteiger partial charge in [0.15, 0.2) is 11.7 Å². The quantitative estimate of drug-likeness (QED) is 0.897. The van der Waals surface area contributed by atoms with Crippen LogP contribution < -0.4 is 11.1 Å². The Labute approximate surface area is 142 Å². The Hall–Kier alpha value is -1.85. The second-order valence-corrected chi connectivity index (χ2v) is 5.84. The summed E-state index contributed by atoms with van der Waals surface area (Å²) in [6, 6.07) is 7.62. The van der Waals surface area contributed by atoms with Gasteiger partial charge in [-0.1, -0.05) is 6.42 Å². The number of oxazole rings is 1. The summed E-state index contributed by atoms with van der Waals surface area (Å²) >= 11 is 0. The minimum atomic E-state index is 0. The van der Waals surface area contributed by atoms with Crippen LogP contribution in [0.25, 0.3) is 11.3 Å². The van der Waals surface area contributed by atoms with Crippen LogP contribution in [0.2, 0.25) is 0 Å². The molecule has 1 aromatic heterocycles. The average Bonchev–Trinajstić information content (AvgIpc) is 3.16. The zero-order valence-electron chi connectivity index (χ0n) is 13.1. The second-order valence-electron chi connectivity index (χ2n) is 5.84. The first-order chi connectivity index (χ1) is 10.7. The van der Waals surface area contributed by atoms with Crippen LogP contribution >= 0.6 is 12.4 Å². The van der Waals surface area contributed by atoms with E-state index in [4.69, 9.17) is 10.2 Å². The number of benzene rings is 1. The molecule has 1 aliphatic rings. The lowest BCUT2D eigenvalue weighted by molar-refractivity contribution is -0.120. The third-order valence-corrected chi connectivity index (χ3v) is 4.36. The summed E-state index contributed by atoms with van der Waals surface area (Å²) in [5, 5.41) is 2.99. The highest BCUT2D eigenvalue weighted by Crippen LogP contribution is 2.32. The first kappa shape index (κ1) is 17.5. The molecule has 3 rings (SSSR count). The van der Waals surface area contributed by atoms with Crippen LogP contribution in [-0.2, 0) is 4.79 Å². The summed E-state index contributed by atoms with van der Waals surface area (Å²) in [4.78, 5) is 16.4. The third-order valence-electron chi connectivity index (χ3n) is 4.36. The molecule has 0 saturated heterocycles. The maximum absolute atomic E-state index is 12.3. The van der Waals surface area contributed by atoms with E-state index in [1.165, 1.54) is 0 Å². The van der Waals surface area contributed by atoms with Gasteiger partial charge in [-0.25, -0.2) is 4.98 Å². The van der Waals surface area contributed by atoms with E-state index in [0.29, 0.717) is 18.4 Å². The molecular weight excluding hydrogens is 314 g/mol. The number of rotatable bonds is 4. The van der Waals surface area contributed by atoms with Gasteiger partial charge in [0.05, 0.1) is 6.20 Å². The normalized spacial score (nSPS) is 20.1. The van der Waals surface area contributed by atoms with E-state index in [1.54, 1.807) is 6.20 Å². The van der Waals surface area contributed by atoms with E-state index in [1.807, 2.05) is 31.2 Å². The van der Waals surface area contributed by atoms with Crippen molar-refractivity contribution in [2.75, 3.05) is 11.9 Å². The number of amides is 1. The Morgan fingerprint density at radius 3 is 2.70 bits per heavy atom. The van der Waals surface area contributed by atoms with Crippen molar-refractivity contribution in [3.05, 3.63) is 36.4 Å². The number of anilines is 1. The summed E-state index contributed by atoms with van der Waals surface area (Å²) in [6.45, 7) is 2.40. The standard InChI is InChI=1S/C17H21N3O2.ClH/c1-11-19-10-16(22-11)12-5-7-14(8-6-12)20-17(21)15-4-2-3-13(15)9-18;/h5-8,10,13,15H,2-4,9,18H2,1H3,(H,20,21);1H/t13-,15-;/m1./s1. The van der Waals surface area contributed by atoms with E-state index in [2.05, 4.69) is 10.3 Å². The molecule has 6 heteroatoms. The van der Waals surface area contributed by atoms with Gasteiger partial charge in [0.2, 0.25) is 5.91 Å². The largest absolute Gasteiger partial charge is 0.441 e. The van der Waals surface area contributed by atoms with Crippen molar-refractivity contribution in [3.63, 3.8) is 0 Å². The van der Waals surface area contributed by atoms with Crippen LogP contribution in [0.3, 0.4) is 0 Å². The van der Waals surface area contributed by atoms with Crippen LogP contribution in [0.5, 0.6) is 0 Å². The number of carbonyl (C=O) groups is 1. The van der Waals surface area contributed by atoms with E-state index in [9.17, 15) is 4.79 Å². The molecule has 0 radical (unpaired) electrons. The molecule has 2 atom stereocenters. The number of nitrogens with two attached hydrogens (primary N) is 1. The van der Waals surface area contributed by atoms with Gasteiger partial charge in [-0.3, -0.25) is 4.79 Å². The third kappa shape index (κ3) is 3.92. The highest BCUT2D eigenvalue weighted by molar-refractivity contribution is 5.93. The van der Waals surface area contributed by atoms with Crippen molar-refractivity contribution >= 4 is 24.0 Å². The SMILES string of the molecule is Cc1ncc(-c2ccc(NC(=O)[C@@H]3CCC[C@@H]3CN)cc2)o1.Cl. The Bertz CT molecular complexity index is 654. The van der Waals surface area contributed by atoms with Gasteiger partial charge in [-0.2, -0.15) is 0 Å². The number of nitrogens with one attached hydrogen (secondary N) is 1. The summed E-state index contributed by atoms with van der Waals surface area (Å²) in [5.74, 6) is 1.81. The molecule has 1 saturated carbocycles. The number of hydrogen-bond acceptors (Lipinski definition) is 4. The van der Waals surface area contributed by atoms with Crippen LogP contribution in [0, 0.1) is 18.8 Å². The number of halogens is 1. The second kappa shape index (κ2) is 7.62. The molecule has 0 unspecified atom stereocenters. The minimum absolute atomic E-state index is 0. The Balaban J connectivity index is 0.00000192. The molecule has 1 aliphatic carbocycles. The first-order valence-corrected chi connectivity index (χ1v) is 7.71. The molecule has 124 valence electrons. The minimum Gasteiger partial charge on any atom is -0.441 e. The van der Waals surface area contributed by atoms with E-state index < -0.39 is 0 Å². The lowest BCUT2D eigenvalue weighted by Crippen LogP contribution is -2.29. The number of carbonyl (C=O) groups excluding carboxylic acids is 1. The van der Waals surface area contributed by atoms with Crippen molar-refractivity contribution in [1.29, 1.82) is 0 Å². The Morgan fingerprint density at radius 2 is 2.09 bits per heavy atom. The van der Waals surface area contributed by atoms with Gasteiger partial charge in [-0.15, -0.1) is 12.4 Å². The highest BCUT2D eigenvalue weighted by Gasteiger charge is 2.31. The van der Waals surface area contributed by atoms with Crippen molar-refractivity contribution in [3.8, 4) is 11.3 Å². The fraction of sp³-hybridized carbons (Fsp3) is 0.412. The van der Waals surface area contributed by atoms with Crippen LogP contribution in [0.4, 0.5) is 5.69 Å². The molecule has 0 aliphatic heterocycles. The van der Waals surface area contributed by atoms with Gasteiger partial charge in [-0.05, 0) is 49.6 Å². The number of hydrogen-bond donors (Lipinski definition) is 2. The van der Waals surface area contributed by atoms with Gasteiger partial charge in [0.1, 0.15) is 0 Å². The lowest BCUT2D eigenvalue weighted by Gasteiger charge is -2.17. The molecule has 0 spiro atoms.